The van der Waals surface area contributed by atoms with Crippen LogP contribution in [0.25, 0.3) is 0 Å². The first-order chi connectivity index (χ1) is 45.8. The first-order valence-corrected chi connectivity index (χ1v) is 37.9. The van der Waals surface area contributed by atoms with Crippen molar-refractivity contribution in [2.75, 3.05) is 13.2 Å². The Bertz CT molecular complexity index is 2080. The first kappa shape index (κ1) is 86.6. The predicted molar refractivity (Wildman–Crippen MR) is 400 cm³/mol. The minimum atomic E-state index is -1.59. The van der Waals surface area contributed by atoms with Gasteiger partial charge in [0.2, 0.25) is 5.91 Å². The number of carbonyl (C=O) groups is 1. The van der Waals surface area contributed by atoms with E-state index in [0.717, 1.165) is 135 Å². The van der Waals surface area contributed by atoms with Crippen molar-refractivity contribution in [2.24, 2.45) is 0 Å². The van der Waals surface area contributed by atoms with Crippen molar-refractivity contribution in [3.05, 3.63) is 170 Å². The van der Waals surface area contributed by atoms with Gasteiger partial charge in [0, 0.05) is 6.42 Å². The van der Waals surface area contributed by atoms with Gasteiger partial charge in [0.25, 0.3) is 0 Å². The fourth-order valence-corrected chi connectivity index (χ4v) is 10.9. The normalized spacial score (nSPS) is 18.6. The van der Waals surface area contributed by atoms with Crippen molar-refractivity contribution < 1.29 is 39.8 Å². The number of nitrogens with one attached hydrogen (secondary N) is 1. The zero-order chi connectivity index (χ0) is 67.1. The van der Waals surface area contributed by atoms with Crippen molar-refractivity contribution in [3.8, 4) is 0 Å². The second kappa shape index (κ2) is 70.4. The van der Waals surface area contributed by atoms with Gasteiger partial charge in [0.1, 0.15) is 24.4 Å². The summed E-state index contributed by atoms with van der Waals surface area (Å²) in [5, 5.41) is 54.8. The van der Waals surface area contributed by atoms with Crippen LogP contribution >= 0.6 is 0 Å². The molecule has 9 nitrogen and oxygen atoms in total. The number of amides is 1. The lowest BCUT2D eigenvalue weighted by molar-refractivity contribution is -0.302. The van der Waals surface area contributed by atoms with Crippen LogP contribution < -0.4 is 5.32 Å². The molecule has 6 N–H and O–H groups in total. The molecule has 9 heteroatoms. The summed E-state index contributed by atoms with van der Waals surface area (Å²) in [4.78, 5) is 13.1. The molecular formula is C84H139NO8. The summed E-state index contributed by atoms with van der Waals surface area (Å²) < 4.78 is 11.3. The number of carbonyl (C=O) groups excluding carboxylic acids is 1. The molecule has 0 spiro atoms. The molecule has 1 amide bonds. The van der Waals surface area contributed by atoms with Gasteiger partial charge in [-0.05, 0) is 128 Å². The summed E-state index contributed by atoms with van der Waals surface area (Å²) in [6.07, 6.45) is 105. The summed E-state index contributed by atoms with van der Waals surface area (Å²) >= 11 is 0. The molecule has 528 valence electrons. The molecule has 0 aromatic carbocycles. The van der Waals surface area contributed by atoms with Crippen LogP contribution in [0.1, 0.15) is 296 Å². The Balaban J connectivity index is 2.18. The van der Waals surface area contributed by atoms with Crippen LogP contribution in [-0.2, 0) is 14.3 Å². The van der Waals surface area contributed by atoms with Gasteiger partial charge in [-0.25, -0.2) is 0 Å². The molecule has 0 bridgehead atoms. The smallest absolute Gasteiger partial charge is 0.220 e. The molecule has 0 aliphatic carbocycles. The zero-order valence-corrected chi connectivity index (χ0v) is 59.2. The maximum absolute atomic E-state index is 13.1. The van der Waals surface area contributed by atoms with Gasteiger partial charge >= 0.3 is 0 Å². The fourth-order valence-electron chi connectivity index (χ4n) is 10.9. The number of ether oxygens (including phenoxy) is 2. The topological polar surface area (TPSA) is 149 Å². The summed E-state index contributed by atoms with van der Waals surface area (Å²) in [6, 6.07) is -0.849. The third kappa shape index (κ3) is 58.6. The Labute approximate surface area is 570 Å². The van der Waals surface area contributed by atoms with Crippen LogP contribution in [0, 0.1) is 0 Å². The average molecular weight is 1290 g/mol. The molecule has 7 atom stereocenters. The molecule has 93 heavy (non-hydrogen) atoms. The Hall–Kier alpha value is -4.45. The molecule has 1 heterocycles. The summed E-state index contributed by atoms with van der Waals surface area (Å²) in [5.41, 5.74) is 0. The lowest BCUT2D eigenvalue weighted by Crippen LogP contribution is -2.60. The quantitative estimate of drug-likeness (QED) is 0.0261. The van der Waals surface area contributed by atoms with E-state index in [1.54, 1.807) is 6.08 Å². The van der Waals surface area contributed by atoms with Gasteiger partial charge in [-0.2, -0.15) is 0 Å². The second-order valence-corrected chi connectivity index (χ2v) is 25.3. The van der Waals surface area contributed by atoms with Crippen molar-refractivity contribution in [3.63, 3.8) is 0 Å². The van der Waals surface area contributed by atoms with Crippen LogP contribution in [0.3, 0.4) is 0 Å². The lowest BCUT2D eigenvalue weighted by atomic mass is 9.99. The number of rotatable bonds is 64. The molecule has 1 aliphatic rings. The van der Waals surface area contributed by atoms with Gasteiger partial charge in [-0.3, -0.25) is 4.79 Å². The highest BCUT2D eigenvalue weighted by Gasteiger charge is 2.44. The largest absolute Gasteiger partial charge is 0.394 e. The number of hydrogen-bond acceptors (Lipinski definition) is 8. The number of allylic oxidation sites excluding steroid dienone is 27. The van der Waals surface area contributed by atoms with E-state index >= 15 is 0 Å². The summed E-state index contributed by atoms with van der Waals surface area (Å²) in [5.74, 6) is -0.207. The number of aliphatic hydroxyl groups is 5. The van der Waals surface area contributed by atoms with Gasteiger partial charge in [0.15, 0.2) is 6.29 Å². The lowest BCUT2D eigenvalue weighted by Gasteiger charge is -2.40. The Morgan fingerprint density at radius 1 is 0.376 bits per heavy atom. The third-order valence-electron chi connectivity index (χ3n) is 16.8. The average Bonchev–Trinajstić information content (AvgIpc) is 1.00. The SMILES string of the molecule is CC/C=C\C/C=C\C/C=C\C/C=C\C/C=C\C/C=C\C/C=C\C/C=C\C/C=C\C/C=C\C/C=C\CCCCCCCCCC(=O)NC(COC1OC(CO)C(O)C(O)C1O)C(O)/C=C/CC/C=C/CC/C=C/CCCCCCCCCCCCCCCCCCCCC. The standard InChI is InChI=1S/C84H139NO8/c1-3-5-7-9-11-13-15-17-19-21-23-25-27-29-31-33-34-35-36-37-38-39-40-41-42-43-44-46-48-50-52-54-56-58-60-62-64-66-68-70-72-74-80(88)85-77(76-92-84-83(91)82(90)81(89)79(75-86)93-84)78(87)73-71-69-67-65-63-61-59-57-55-53-51-49-47-45-32-30-28-26-24-22-20-18-16-14-12-10-8-6-4-2/h5,7,11,13,17,19,23,25,29,31,34-35,37-38,40-41,43-44,48,50,54-57,63,65,71,73,77-79,81-84,86-87,89-91H,3-4,6,8-10,12,14-16,18,20-22,24,26-28,30,32-33,36,39,42,45-47,49,51-53,58-62,64,66-70,72,74-76H2,1-2H3,(H,85,88)/b7-5-,13-11-,19-17-,25-23-,31-29-,35-34-,38-37-,41-40-,44-43-,50-48-,56-54-,57-55+,65-63+,73-71+. The highest BCUT2D eigenvalue weighted by Crippen LogP contribution is 2.23. The molecular weight excluding hydrogens is 1150 g/mol. The maximum Gasteiger partial charge on any atom is 0.220 e. The molecule has 1 fully saturated rings. The Kier molecular flexibility index (Phi) is 65.5. The van der Waals surface area contributed by atoms with E-state index in [-0.39, 0.29) is 12.5 Å². The van der Waals surface area contributed by atoms with E-state index in [2.05, 4.69) is 177 Å². The molecule has 0 aromatic rings. The summed E-state index contributed by atoms with van der Waals surface area (Å²) in [7, 11) is 0. The highest BCUT2D eigenvalue weighted by atomic mass is 16.7. The third-order valence-corrected chi connectivity index (χ3v) is 16.8. The van der Waals surface area contributed by atoms with E-state index in [1.807, 2.05) is 6.08 Å². The van der Waals surface area contributed by atoms with E-state index < -0.39 is 49.5 Å². The van der Waals surface area contributed by atoms with Gasteiger partial charge in [-0.1, -0.05) is 332 Å². The summed E-state index contributed by atoms with van der Waals surface area (Å²) in [6.45, 7) is 3.65. The molecule has 0 saturated carbocycles. The van der Waals surface area contributed by atoms with Gasteiger partial charge in [-0.15, -0.1) is 0 Å². The number of aliphatic hydroxyl groups excluding tert-OH is 5. The van der Waals surface area contributed by atoms with Crippen LogP contribution in [-0.4, -0.2) is 87.5 Å². The minimum absolute atomic E-state index is 0.207. The Morgan fingerprint density at radius 3 is 1.03 bits per heavy atom. The van der Waals surface area contributed by atoms with Crippen molar-refractivity contribution in [2.45, 2.75) is 339 Å². The monoisotopic (exact) mass is 1290 g/mol. The second-order valence-electron chi connectivity index (χ2n) is 25.3. The Morgan fingerprint density at radius 2 is 0.677 bits per heavy atom. The molecule has 0 aromatic heterocycles. The van der Waals surface area contributed by atoms with Crippen LogP contribution in [0.4, 0.5) is 0 Å². The van der Waals surface area contributed by atoms with Gasteiger partial charge < -0.3 is 40.3 Å². The van der Waals surface area contributed by atoms with E-state index in [9.17, 15) is 30.3 Å². The number of hydrogen-bond donors (Lipinski definition) is 6. The zero-order valence-electron chi connectivity index (χ0n) is 59.2. The van der Waals surface area contributed by atoms with E-state index in [1.165, 1.54) is 141 Å². The first-order valence-electron chi connectivity index (χ1n) is 37.9. The predicted octanol–water partition coefficient (Wildman–Crippen LogP) is 21.6. The van der Waals surface area contributed by atoms with E-state index in [4.69, 9.17) is 9.47 Å². The molecule has 1 saturated heterocycles. The van der Waals surface area contributed by atoms with Gasteiger partial charge in [0.05, 0.1) is 25.4 Å². The molecule has 1 rings (SSSR count). The molecule has 7 unspecified atom stereocenters. The van der Waals surface area contributed by atoms with Crippen LogP contribution in [0.5, 0.6) is 0 Å². The molecule has 1 aliphatic heterocycles. The van der Waals surface area contributed by atoms with Crippen LogP contribution in [0.15, 0.2) is 170 Å². The van der Waals surface area contributed by atoms with Crippen molar-refractivity contribution >= 4 is 5.91 Å². The highest BCUT2D eigenvalue weighted by molar-refractivity contribution is 5.76. The van der Waals surface area contributed by atoms with Crippen molar-refractivity contribution in [1.82, 2.24) is 5.32 Å². The molecule has 0 radical (unpaired) electrons. The van der Waals surface area contributed by atoms with E-state index in [0.29, 0.717) is 6.42 Å². The van der Waals surface area contributed by atoms with Crippen LogP contribution in [0.2, 0.25) is 0 Å². The number of unbranched alkanes of at least 4 members (excludes halogenated alkanes) is 28. The fraction of sp³-hybridized carbons (Fsp3) is 0.655. The minimum Gasteiger partial charge on any atom is -0.394 e. The maximum atomic E-state index is 13.1. The van der Waals surface area contributed by atoms with Crippen molar-refractivity contribution in [1.29, 1.82) is 0 Å².